The Bertz CT molecular complexity index is 757. The number of nitrogens with one attached hydrogen (secondary N) is 1. The second kappa shape index (κ2) is 7.80. The van der Waals surface area contributed by atoms with Crippen LogP contribution in [0.3, 0.4) is 0 Å². The van der Waals surface area contributed by atoms with Crippen molar-refractivity contribution in [2.75, 3.05) is 25.0 Å². The second-order valence-electron chi connectivity index (χ2n) is 6.09. The number of aliphatic hydroxyl groups excluding tert-OH is 1. The van der Waals surface area contributed by atoms with Gasteiger partial charge in [0.1, 0.15) is 0 Å². The first-order valence-corrected chi connectivity index (χ1v) is 8.86. The van der Waals surface area contributed by atoms with Crippen LogP contribution in [0.1, 0.15) is 16.7 Å². The molecular weight excluding hydrogens is 366 g/mol. The maximum absolute atomic E-state index is 10.3. The van der Waals surface area contributed by atoms with E-state index in [0.717, 1.165) is 29.7 Å². The molecule has 24 heavy (non-hydrogen) atoms. The molecule has 4 nitrogen and oxygen atoms in total. The van der Waals surface area contributed by atoms with Crippen LogP contribution in [0, 0.1) is 11.3 Å². The largest absolute Gasteiger partial charge is 0.390 e. The highest BCUT2D eigenvalue weighted by Crippen LogP contribution is 2.23. The number of anilines is 1. The van der Waals surface area contributed by atoms with Crippen LogP contribution >= 0.6 is 15.9 Å². The number of fused-ring (bicyclic) bond motifs is 1. The third-order valence-electron chi connectivity index (χ3n) is 4.30. The van der Waals surface area contributed by atoms with Crippen LogP contribution in [0.25, 0.3) is 0 Å². The van der Waals surface area contributed by atoms with E-state index in [-0.39, 0.29) is 0 Å². The summed E-state index contributed by atoms with van der Waals surface area (Å²) in [7, 11) is 0. The Morgan fingerprint density at radius 2 is 2.04 bits per heavy atom. The zero-order chi connectivity index (χ0) is 16.9. The molecule has 2 N–H and O–H groups in total. The van der Waals surface area contributed by atoms with E-state index in [4.69, 9.17) is 5.26 Å². The fourth-order valence-corrected chi connectivity index (χ4v) is 3.55. The molecule has 1 unspecified atom stereocenters. The molecule has 0 bridgehead atoms. The fourth-order valence-electron chi connectivity index (χ4n) is 3.03. The van der Waals surface area contributed by atoms with Gasteiger partial charge in [0.15, 0.2) is 0 Å². The summed E-state index contributed by atoms with van der Waals surface area (Å²) in [5, 5.41) is 22.5. The Kier molecular flexibility index (Phi) is 5.52. The van der Waals surface area contributed by atoms with Crippen LogP contribution < -0.4 is 5.32 Å². The molecule has 5 heteroatoms. The smallest absolute Gasteiger partial charge is 0.0992 e. The summed E-state index contributed by atoms with van der Waals surface area (Å²) < 4.78 is 0.834. The number of nitrogens with zero attached hydrogens (tertiary/aromatic N) is 2. The molecule has 0 amide bonds. The molecule has 3 rings (SSSR count). The first kappa shape index (κ1) is 17.0. The van der Waals surface area contributed by atoms with Crippen molar-refractivity contribution in [2.24, 2.45) is 0 Å². The SMILES string of the molecule is N#Cc1ccc(NCC(O)CN2CCc3ccccc3C2)c(Br)c1. The van der Waals surface area contributed by atoms with Crippen molar-refractivity contribution in [1.29, 1.82) is 5.26 Å². The van der Waals surface area contributed by atoms with Crippen LogP contribution in [-0.4, -0.2) is 35.7 Å². The predicted octanol–water partition coefficient (Wildman–Crippen LogP) is 3.15. The lowest BCUT2D eigenvalue weighted by Gasteiger charge is -2.30. The third-order valence-corrected chi connectivity index (χ3v) is 4.96. The summed E-state index contributed by atoms with van der Waals surface area (Å²) in [5.41, 5.74) is 4.28. The van der Waals surface area contributed by atoms with E-state index in [9.17, 15) is 5.11 Å². The second-order valence-corrected chi connectivity index (χ2v) is 6.95. The lowest BCUT2D eigenvalue weighted by Crippen LogP contribution is -2.39. The molecule has 0 saturated carbocycles. The number of nitriles is 1. The monoisotopic (exact) mass is 385 g/mol. The highest BCUT2D eigenvalue weighted by Gasteiger charge is 2.18. The number of halogens is 1. The van der Waals surface area contributed by atoms with E-state index in [1.54, 1.807) is 12.1 Å². The normalized spacial score (nSPS) is 15.4. The lowest BCUT2D eigenvalue weighted by molar-refractivity contribution is 0.114. The Balaban J connectivity index is 1.52. The highest BCUT2D eigenvalue weighted by molar-refractivity contribution is 9.10. The Labute approximate surface area is 150 Å². The molecule has 2 aromatic carbocycles. The molecular formula is C19H20BrN3O. The molecule has 0 spiro atoms. The highest BCUT2D eigenvalue weighted by atomic mass is 79.9. The van der Waals surface area contributed by atoms with Crippen LogP contribution in [0.5, 0.6) is 0 Å². The van der Waals surface area contributed by atoms with Crippen LogP contribution in [0.2, 0.25) is 0 Å². The molecule has 1 aliphatic heterocycles. The van der Waals surface area contributed by atoms with Crippen molar-refractivity contribution in [2.45, 2.75) is 19.1 Å². The van der Waals surface area contributed by atoms with Crippen molar-refractivity contribution in [3.05, 3.63) is 63.6 Å². The summed E-state index contributed by atoms with van der Waals surface area (Å²) in [6.07, 6.45) is 0.593. The Morgan fingerprint density at radius 3 is 2.79 bits per heavy atom. The third kappa shape index (κ3) is 4.15. The first-order valence-electron chi connectivity index (χ1n) is 8.06. The van der Waals surface area contributed by atoms with Gasteiger partial charge in [-0.2, -0.15) is 5.26 Å². The van der Waals surface area contributed by atoms with Gasteiger partial charge in [-0.1, -0.05) is 24.3 Å². The maximum atomic E-state index is 10.3. The average Bonchev–Trinajstić information content (AvgIpc) is 2.60. The number of hydrogen-bond acceptors (Lipinski definition) is 4. The summed E-state index contributed by atoms with van der Waals surface area (Å²) in [4.78, 5) is 2.29. The summed E-state index contributed by atoms with van der Waals surface area (Å²) >= 11 is 3.45. The van der Waals surface area contributed by atoms with Gasteiger partial charge in [0, 0.05) is 36.3 Å². The van der Waals surface area contributed by atoms with E-state index < -0.39 is 6.10 Å². The van der Waals surface area contributed by atoms with Gasteiger partial charge in [-0.3, -0.25) is 4.90 Å². The quantitative estimate of drug-likeness (QED) is 0.829. The molecule has 1 heterocycles. The van der Waals surface area contributed by atoms with E-state index in [0.29, 0.717) is 18.7 Å². The molecule has 0 aromatic heterocycles. The van der Waals surface area contributed by atoms with Gasteiger partial charge in [-0.05, 0) is 51.7 Å². The fraction of sp³-hybridized carbons (Fsp3) is 0.316. The summed E-state index contributed by atoms with van der Waals surface area (Å²) in [6.45, 7) is 3.00. The van der Waals surface area contributed by atoms with Crippen molar-refractivity contribution >= 4 is 21.6 Å². The van der Waals surface area contributed by atoms with E-state index >= 15 is 0 Å². The Hall–Kier alpha value is -1.87. The first-order chi connectivity index (χ1) is 11.7. The Morgan fingerprint density at radius 1 is 1.25 bits per heavy atom. The molecule has 0 radical (unpaired) electrons. The maximum Gasteiger partial charge on any atom is 0.0992 e. The van der Waals surface area contributed by atoms with Gasteiger partial charge in [-0.25, -0.2) is 0 Å². The van der Waals surface area contributed by atoms with Gasteiger partial charge in [-0.15, -0.1) is 0 Å². The zero-order valence-electron chi connectivity index (χ0n) is 13.4. The van der Waals surface area contributed by atoms with E-state index in [2.05, 4.69) is 56.5 Å². The number of aliphatic hydroxyl groups is 1. The zero-order valence-corrected chi connectivity index (χ0v) is 15.0. The minimum atomic E-state index is -0.446. The molecule has 2 aromatic rings. The minimum absolute atomic E-state index is 0.446. The van der Waals surface area contributed by atoms with Gasteiger partial charge in [0.25, 0.3) is 0 Å². The standard InChI is InChI=1S/C19H20BrN3O/c20-18-9-14(10-21)5-6-19(18)22-11-17(24)13-23-8-7-15-3-1-2-4-16(15)12-23/h1-6,9,17,22,24H,7-8,11-13H2. The van der Waals surface area contributed by atoms with Crippen molar-refractivity contribution in [3.63, 3.8) is 0 Å². The summed E-state index contributed by atoms with van der Waals surface area (Å²) in [6, 6.07) is 16.0. The average molecular weight is 386 g/mol. The predicted molar refractivity (Wildman–Crippen MR) is 98.8 cm³/mol. The van der Waals surface area contributed by atoms with Crippen molar-refractivity contribution in [1.82, 2.24) is 4.90 Å². The summed E-state index contributed by atoms with van der Waals surface area (Å²) in [5.74, 6) is 0. The number of rotatable bonds is 5. The minimum Gasteiger partial charge on any atom is -0.390 e. The number of benzene rings is 2. The molecule has 124 valence electrons. The molecule has 1 atom stereocenters. The number of β-amino-alcohol motifs (C(OH)–C–C–N with tert-alkyl or cyclic N) is 1. The number of hydrogen-bond donors (Lipinski definition) is 2. The van der Waals surface area contributed by atoms with Crippen LogP contribution in [-0.2, 0) is 13.0 Å². The van der Waals surface area contributed by atoms with Crippen LogP contribution in [0.15, 0.2) is 46.9 Å². The molecule has 0 fully saturated rings. The molecule has 0 saturated heterocycles. The van der Waals surface area contributed by atoms with Crippen molar-refractivity contribution < 1.29 is 5.11 Å². The van der Waals surface area contributed by atoms with E-state index in [1.807, 2.05) is 6.07 Å². The van der Waals surface area contributed by atoms with E-state index in [1.165, 1.54) is 11.1 Å². The molecule has 1 aliphatic rings. The van der Waals surface area contributed by atoms with Gasteiger partial charge in [0.05, 0.1) is 17.7 Å². The van der Waals surface area contributed by atoms with Crippen LogP contribution in [0.4, 0.5) is 5.69 Å². The van der Waals surface area contributed by atoms with Gasteiger partial charge in [0.2, 0.25) is 0 Å². The molecule has 0 aliphatic carbocycles. The van der Waals surface area contributed by atoms with Crippen molar-refractivity contribution in [3.8, 4) is 6.07 Å². The van der Waals surface area contributed by atoms with Gasteiger partial charge >= 0.3 is 0 Å². The lowest BCUT2D eigenvalue weighted by atomic mass is 10.00. The topological polar surface area (TPSA) is 59.3 Å². The van der Waals surface area contributed by atoms with Gasteiger partial charge < -0.3 is 10.4 Å².